The van der Waals surface area contributed by atoms with Crippen molar-refractivity contribution in [3.05, 3.63) is 60.2 Å². The Kier molecular flexibility index (Phi) is 4.68. The quantitative estimate of drug-likeness (QED) is 0.859. The van der Waals surface area contributed by atoms with Gasteiger partial charge >= 0.3 is 0 Å². The highest BCUT2D eigenvalue weighted by atomic mass is 32.2. The molecule has 1 N–H and O–H groups in total. The van der Waals surface area contributed by atoms with E-state index < -0.39 is 10.0 Å². The van der Waals surface area contributed by atoms with Gasteiger partial charge in [0.2, 0.25) is 0 Å². The zero-order valence-corrected chi connectivity index (χ0v) is 16.2. The number of carbonyl (C=O) groups excluding carboxylic acids is 1. The van der Waals surface area contributed by atoms with Gasteiger partial charge in [-0.25, -0.2) is 8.42 Å². The number of carbonyl (C=O) groups is 1. The van der Waals surface area contributed by atoms with E-state index in [0.717, 1.165) is 12.3 Å². The number of rotatable bonds is 5. The Hall–Kier alpha value is -2.34. The minimum absolute atomic E-state index is 0.0762. The summed E-state index contributed by atoms with van der Waals surface area (Å²) >= 11 is 0. The highest BCUT2D eigenvalue weighted by Gasteiger charge is 2.40. The third-order valence-corrected chi connectivity index (χ3v) is 7.75. The summed E-state index contributed by atoms with van der Waals surface area (Å²) in [5, 5.41) is 3.16. The van der Waals surface area contributed by atoms with Crippen LogP contribution in [0.5, 0.6) is 0 Å². The van der Waals surface area contributed by atoms with Crippen molar-refractivity contribution >= 4 is 21.6 Å². The lowest BCUT2D eigenvalue weighted by Gasteiger charge is -2.23. The molecule has 0 aliphatic heterocycles. The molecule has 0 saturated heterocycles. The van der Waals surface area contributed by atoms with Crippen molar-refractivity contribution < 1.29 is 13.2 Å². The van der Waals surface area contributed by atoms with Gasteiger partial charge < -0.3 is 5.32 Å². The maximum absolute atomic E-state index is 12.7. The monoisotopic (exact) mass is 384 g/mol. The molecule has 142 valence electrons. The molecule has 3 atom stereocenters. The van der Waals surface area contributed by atoms with Crippen molar-refractivity contribution in [3.8, 4) is 0 Å². The van der Waals surface area contributed by atoms with Gasteiger partial charge in [-0.15, -0.1) is 0 Å². The maximum Gasteiger partial charge on any atom is 0.264 e. The first-order valence-electron chi connectivity index (χ1n) is 9.40. The molecule has 2 aliphatic carbocycles. The van der Waals surface area contributed by atoms with Gasteiger partial charge in [-0.2, -0.15) is 0 Å². The molecule has 0 heterocycles. The molecule has 1 amide bonds. The molecule has 0 spiro atoms. The fraction of sp³-hybridized carbons (Fsp3) is 0.381. The molecule has 2 aromatic rings. The van der Waals surface area contributed by atoms with Gasteiger partial charge in [-0.05, 0) is 67.5 Å². The molecule has 2 bridgehead atoms. The van der Waals surface area contributed by atoms with Crippen molar-refractivity contribution in [2.75, 3.05) is 11.4 Å². The van der Waals surface area contributed by atoms with Crippen molar-refractivity contribution in [2.24, 2.45) is 11.8 Å². The summed E-state index contributed by atoms with van der Waals surface area (Å²) < 4.78 is 26.6. The zero-order valence-electron chi connectivity index (χ0n) is 15.3. The van der Waals surface area contributed by atoms with Crippen LogP contribution in [-0.4, -0.2) is 27.4 Å². The van der Waals surface area contributed by atoms with E-state index >= 15 is 0 Å². The smallest absolute Gasteiger partial charge is 0.264 e. The van der Waals surface area contributed by atoms with Crippen LogP contribution in [0.3, 0.4) is 0 Å². The zero-order chi connectivity index (χ0) is 19.0. The normalized spacial score (nSPS) is 24.0. The van der Waals surface area contributed by atoms with E-state index in [4.69, 9.17) is 0 Å². The van der Waals surface area contributed by atoms with E-state index in [1.165, 1.54) is 30.6 Å². The van der Waals surface area contributed by atoms with E-state index in [1.54, 1.807) is 54.6 Å². The summed E-state index contributed by atoms with van der Waals surface area (Å²) in [6, 6.07) is 15.3. The lowest BCUT2D eigenvalue weighted by Crippen LogP contribution is -2.38. The molecule has 0 aromatic heterocycles. The van der Waals surface area contributed by atoms with Crippen molar-refractivity contribution in [1.82, 2.24) is 5.32 Å². The average Bonchev–Trinajstić information content (AvgIpc) is 3.31. The van der Waals surface area contributed by atoms with Gasteiger partial charge in [0.1, 0.15) is 0 Å². The van der Waals surface area contributed by atoms with Crippen LogP contribution in [-0.2, 0) is 10.0 Å². The summed E-state index contributed by atoms with van der Waals surface area (Å²) in [7, 11) is -2.10. The lowest BCUT2D eigenvalue weighted by molar-refractivity contribution is 0.0923. The molecule has 5 nitrogen and oxygen atoms in total. The summed E-state index contributed by atoms with van der Waals surface area (Å²) in [5.74, 6) is 1.33. The van der Waals surface area contributed by atoms with Crippen LogP contribution in [0.2, 0.25) is 0 Å². The van der Waals surface area contributed by atoms with Gasteiger partial charge in [0.25, 0.3) is 15.9 Å². The largest absolute Gasteiger partial charge is 0.349 e. The third-order valence-electron chi connectivity index (χ3n) is 5.95. The number of sulfonamides is 1. The molecular formula is C21H24N2O3S. The average molecular weight is 385 g/mol. The van der Waals surface area contributed by atoms with Crippen LogP contribution in [0.25, 0.3) is 0 Å². The minimum atomic E-state index is -3.62. The van der Waals surface area contributed by atoms with Gasteiger partial charge in [0.05, 0.1) is 10.6 Å². The summed E-state index contributed by atoms with van der Waals surface area (Å²) in [5.41, 5.74) is 1.09. The molecule has 2 aliphatic rings. The number of hydrogen-bond donors (Lipinski definition) is 1. The standard InChI is InChI=1S/C21H24N2O3S/c1-23(27(25,26)19-5-3-2-4-6-19)18-11-9-16(10-12-18)21(24)22-20-14-15-7-8-17(20)13-15/h2-6,9-12,15,17,20H,7-8,13-14H2,1H3,(H,22,24)/t15-,17-,20+/m1/s1. The second-order valence-electron chi connectivity index (χ2n) is 7.59. The first-order chi connectivity index (χ1) is 12.9. The molecule has 2 saturated carbocycles. The Bertz CT molecular complexity index is 926. The molecule has 0 radical (unpaired) electrons. The maximum atomic E-state index is 12.7. The molecule has 27 heavy (non-hydrogen) atoms. The highest BCUT2D eigenvalue weighted by molar-refractivity contribution is 7.92. The van der Waals surface area contributed by atoms with E-state index in [1.807, 2.05) is 0 Å². The Labute approximate surface area is 160 Å². The molecular weight excluding hydrogens is 360 g/mol. The minimum Gasteiger partial charge on any atom is -0.349 e. The van der Waals surface area contributed by atoms with Crippen molar-refractivity contribution in [3.63, 3.8) is 0 Å². The molecule has 0 unspecified atom stereocenters. The Balaban J connectivity index is 1.46. The van der Waals surface area contributed by atoms with Crippen LogP contribution < -0.4 is 9.62 Å². The van der Waals surface area contributed by atoms with E-state index in [0.29, 0.717) is 17.2 Å². The third kappa shape index (κ3) is 3.46. The summed E-state index contributed by atoms with van der Waals surface area (Å²) in [6.45, 7) is 0. The van der Waals surface area contributed by atoms with Crippen LogP contribution in [0, 0.1) is 11.8 Å². The fourth-order valence-electron chi connectivity index (χ4n) is 4.39. The number of anilines is 1. The Morgan fingerprint density at radius 2 is 1.70 bits per heavy atom. The topological polar surface area (TPSA) is 66.5 Å². The van der Waals surface area contributed by atoms with Crippen LogP contribution >= 0.6 is 0 Å². The highest BCUT2D eigenvalue weighted by Crippen LogP contribution is 2.44. The molecule has 6 heteroatoms. The molecule has 2 aromatic carbocycles. The van der Waals surface area contributed by atoms with Crippen molar-refractivity contribution in [1.29, 1.82) is 0 Å². The number of hydrogen-bond acceptors (Lipinski definition) is 3. The number of nitrogens with one attached hydrogen (secondary N) is 1. The number of benzene rings is 2. The first kappa shape index (κ1) is 18.0. The fourth-order valence-corrected chi connectivity index (χ4v) is 5.60. The number of nitrogens with zero attached hydrogens (tertiary/aromatic N) is 1. The molecule has 4 rings (SSSR count). The first-order valence-corrected chi connectivity index (χ1v) is 10.8. The number of amides is 1. The molecule has 2 fully saturated rings. The van der Waals surface area contributed by atoms with E-state index in [9.17, 15) is 13.2 Å². The van der Waals surface area contributed by atoms with E-state index in [2.05, 4.69) is 5.32 Å². The Morgan fingerprint density at radius 1 is 1.00 bits per heavy atom. The van der Waals surface area contributed by atoms with Crippen LogP contribution in [0.15, 0.2) is 59.5 Å². The van der Waals surface area contributed by atoms with Crippen LogP contribution in [0.1, 0.15) is 36.0 Å². The van der Waals surface area contributed by atoms with Gasteiger partial charge in [-0.1, -0.05) is 24.6 Å². The van der Waals surface area contributed by atoms with Crippen LogP contribution in [0.4, 0.5) is 5.69 Å². The second kappa shape index (κ2) is 7.00. The Morgan fingerprint density at radius 3 is 2.30 bits per heavy atom. The predicted molar refractivity (Wildman–Crippen MR) is 105 cm³/mol. The summed E-state index contributed by atoms with van der Waals surface area (Å²) in [6.07, 6.45) is 4.85. The van der Waals surface area contributed by atoms with Crippen molar-refractivity contribution in [2.45, 2.75) is 36.6 Å². The van der Waals surface area contributed by atoms with Gasteiger partial charge in [0, 0.05) is 18.7 Å². The number of fused-ring (bicyclic) bond motifs is 2. The second-order valence-corrected chi connectivity index (χ2v) is 9.56. The SMILES string of the molecule is CN(c1ccc(C(=O)N[C@H]2C[C@@H]3CC[C@@H]2C3)cc1)S(=O)(=O)c1ccccc1. The lowest BCUT2D eigenvalue weighted by atomic mass is 9.95. The van der Waals surface area contributed by atoms with E-state index in [-0.39, 0.29) is 16.8 Å². The predicted octanol–water partition coefficient (Wildman–Crippen LogP) is 3.43. The summed E-state index contributed by atoms with van der Waals surface area (Å²) in [4.78, 5) is 12.8. The van der Waals surface area contributed by atoms with Gasteiger partial charge in [0.15, 0.2) is 0 Å². The van der Waals surface area contributed by atoms with Gasteiger partial charge in [-0.3, -0.25) is 9.10 Å².